The maximum absolute atomic E-state index is 14.2. The molecule has 2 N–H and O–H groups in total. The van der Waals surface area contributed by atoms with Crippen LogP contribution in [0.3, 0.4) is 0 Å². The van der Waals surface area contributed by atoms with E-state index in [9.17, 15) is 19.6 Å². The highest BCUT2D eigenvalue weighted by Gasteiger charge is 2.54. The van der Waals surface area contributed by atoms with Crippen LogP contribution in [0.2, 0.25) is 0 Å². The van der Waals surface area contributed by atoms with Crippen LogP contribution in [0.5, 0.6) is 34.5 Å². The number of esters is 3. The predicted octanol–water partition coefficient (Wildman–Crippen LogP) is 14.5. The number of unbranched alkanes of at least 4 members (excludes halogenated alkanes) is 1. The van der Waals surface area contributed by atoms with Crippen molar-refractivity contribution in [2.75, 3.05) is 45.9 Å². The van der Waals surface area contributed by atoms with Crippen molar-refractivity contribution in [3.63, 3.8) is 0 Å². The van der Waals surface area contributed by atoms with Gasteiger partial charge in [-0.2, -0.15) is 5.26 Å². The third-order valence-corrected chi connectivity index (χ3v) is 17.1. The van der Waals surface area contributed by atoms with Crippen LogP contribution in [0.25, 0.3) is 0 Å². The van der Waals surface area contributed by atoms with Crippen LogP contribution >= 0.6 is 20.7 Å². The first kappa shape index (κ1) is 64.6. The summed E-state index contributed by atoms with van der Waals surface area (Å²) in [6.45, 7) is 20.5. The van der Waals surface area contributed by atoms with E-state index in [4.69, 9.17) is 54.4 Å². The minimum atomic E-state index is -1.53. The molecule has 8 rings (SSSR count). The number of hydrogen-bond acceptors (Lipinski definition) is 15. The van der Waals surface area contributed by atoms with E-state index >= 15 is 0 Å². The van der Waals surface area contributed by atoms with E-state index in [0.29, 0.717) is 52.8 Å². The Morgan fingerprint density at radius 2 is 1.20 bits per heavy atom. The number of nitrogens with one attached hydrogen (secondary N) is 2. The highest BCUT2D eigenvalue weighted by atomic mass is 32.1. The summed E-state index contributed by atoms with van der Waals surface area (Å²) >= 11 is 5.86. The van der Waals surface area contributed by atoms with Gasteiger partial charge in [-0.1, -0.05) is 67.1 Å². The standard InChI is InChI=1S/C68H79N4O12PS/c1-44(2)72(45(3)4)85(79-38-18-36-69)80-43-46(42-78-67(47-20-14-13-15-21-47,48-22-27-51(76-11)28-23-48)49-24-29-52(77-12)30-25-49)19-16-17-37-70-64(86)71-50-26-33-56-55(39-50)61(73)84-68(56)57-34-31-53(81-62(74)65(5,6)7)40-59(57)83-60-41-54(32-35-58(60)68)82-63(75)66(8,9)10/h13-15,20-35,39-41,44-46H,16-19,37-38,42-43H2,1-12H3,(H2,70,71,86). The van der Waals surface area contributed by atoms with Crippen LogP contribution in [0, 0.1) is 28.1 Å². The second kappa shape index (κ2) is 28.0. The number of carbonyl (C=O) groups is 3. The number of benzene rings is 6. The van der Waals surface area contributed by atoms with Crippen LogP contribution in [-0.2, 0) is 39.3 Å². The Hall–Kier alpha value is -7.42. The average molecular weight is 1210 g/mol. The highest BCUT2D eigenvalue weighted by Crippen LogP contribution is 2.58. The van der Waals surface area contributed by atoms with Gasteiger partial charge in [0.1, 0.15) is 40.1 Å². The van der Waals surface area contributed by atoms with Gasteiger partial charge in [0, 0.05) is 59.1 Å². The molecule has 0 aromatic heterocycles. The van der Waals surface area contributed by atoms with Crippen molar-refractivity contribution in [2.45, 2.75) is 118 Å². The van der Waals surface area contributed by atoms with Crippen LogP contribution in [-0.4, -0.2) is 80.4 Å². The van der Waals surface area contributed by atoms with Gasteiger partial charge in [0.05, 0.1) is 62.9 Å². The fourth-order valence-electron chi connectivity index (χ4n) is 10.4. The van der Waals surface area contributed by atoms with Gasteiger partial charge in [-0.05, 0) is 172 Å². The molecular formula is C68H79N4O12PS. The van der Waals surface area contributed by atoms with E-state index in [1.807, 2.05) is 78.9 Å². The lowest BCUT2D eigenvalue weighted by Gasteiger charge is -2.38. The van der Waals surface area contributed by atoms with Crippen LogP contribution in [0.15, 0.2) is 133 Å². The molecule has 0 saturated carbocycles. The molecule has 454 valence electrons. The number of fused-ring (bicyclic) bond motifs is 6. The number of hydrogen-bond donors (Lipinski definition) is 2. The van der Waals surface area contributed by atoms with Crippen molar-refractivity contribution >= 4 is 49.5 Å². The Balaban J connectivity index is 1.01. The quantitative estimate of drug-likeness (QED) is 0.0138. The van der Waals surface area contributed by atoms with Gasteiger partial charge < -0.3 is 52.8 Å². The first-order chi connectivity index (χ1) is 41.0. The maximum Gasteiger partial charge on any atom is 0.340 e. The molecule has 0 aliphatic carbocycles. The monoisotopic (exact) mass is 1210 g/mol. The lowest BCUT2D eigenvalue weighted by molar-refractivity contribution is -0.143. The molecule has 2 atom stereocenters. The van der Waals surface area contributed by atoms with Crippen molar-refractivity contribution in [3.05, 3.63) is 172 Å². The number of methoxy groups -OCH3 is 2. The van der Waals surface area contributed by atoms with Gasteiger partial charge in [0.2, 0.25) is 0 Å². The minimum absolute atomic E-state index is 0.115. The summed E-state index contributed by atoms with van der Waals surface area (Å²) in [6.07, 6.45) is 2.49. The molecule has 2 unspecified atom stereocenters. The topological polar surface area (TPSA) is 185 Å². The van der Waals surface area contributed by atoms with Crippen molar-refractivity contribution < 1.29 is 56.6 Å². The second-order valence-electron chi connectivity index (χ2n) is 23.9. The van der Waals surface area contributed by atoms with Crippen LogP contribution in [0.1, 0.15) is 139 Å². The number of nitriles is 1. The van der Waals surface area contributed by atoms with Crippen molar-refractivity contribution in [1.29, 1.82) is 5.26 Å². The van der Waals surface area contributed by atoms with Crippen molar-refractivity contribution in [2.24, 2.45) is 16.7 Å². The van der Waals surface area contributed by atoms with Gasteiger partial charge >= 0.3 is 17.9 Å². The second-order valence-corrected chi connectivity index (χ2v) is 25.8. The fraction of sp³-hybridized carbons (Fsp3) is 0.397. The first-order valence-corrected chi connectivity index (χ1v) is 30.6. The molecule has 16 nitrogen and oxygen atoms in total. The van der Waals surface area contributed by atoms with E-state index in [-0.39, 0.29) is 54.0 Å². The molecule has 0 bridgehead atoms. The largest absolute Gasteiger partial charge is 0.497 e. The Labute approximate surface area is 512 Å². The lowest BCUT2D eigenvalue weighted by Crippen LogP contribution is -2.36. The summed E-state index contributed by atoms with van der Waals surface area (Å²) in [5, 5.41) is 16.4. The normalized spacial score (nSPS) is 14.0. The Morgan fingerprint density at radius 1 is 0.674 bits per heavy atom. The molecule has 86 heavy (non-hydrogen) atoms. The van der Waals surface area contributed by atoms with Crippen LogP contribution in [0.4, 0.5) is 5.69 Å². The number of thiocarbonyl (C=S) groups is 1. The van der Waals surface area contributed by atoms with Crippen molar-refractivity contribution in [3.8, 4) is 40.6 Å². The van der Waals surface area contributed by atoms with Gasteiger partial charge in [-0.25, -0.2) is 9.46 Å². The van der Waals surface area contributed by atoms with E-state index in [1.54, 1.807) is 98.2 Å². The first-order valence-electron chi connectivity index (χ1n) is 29.1. The zero-order valence-corrected chi connectivity index (χ0v) is 53.0. The van der Waals surface area contributed by atoms with E-state index in [2.05, 4.69) is 61.2 Å². The Bertz CT molecular complexity index is 3260. The zero-order valence-electron chi connectivity index (χ0n) is 51.2. The summed E-state index contributed by atoms with van der Waals surface area (Å²) in [7, 11) is 1.77. The maximum atomic E-state index is 14.2. The third kappa shape index (κ3) is 14.7. The van der Waals surface area contributed by atoms with Crippen LogP contribution < -0.4 is 34.3 Å². The van der Waals surface area contributed by atoms with E-state index < -0.39 is 48.5 Å². The summed E-state index contributed by atoms with van der Waals surface area (Å²) in [5.41, 5.74) is 1.11. The van der Waals surface area contributed by atoms with Gasteiger partial charge in [-0.3, -0.25) is 9.59 Å². The summed E-state index contributed by atoms with van der Waals surface area (Å²) < 4.78 is 58.6. The predicted molar refractivity (Wildman–Crippen MR) is 336 cm³/mol. The zero-order chi connectivity index (χ0) is 62.0. The Kier molecular flexibility index (Phi) is 21.0. The van der Waals surface area contributed by atoms with Crippen molar-refractivity contribution in [1.82, 2.24) is 9.99 Å². The molecule has 2 aliphatic heterocycles. The van der Waals surface area contributed by atoms with Gasteiger partial charge in [0.15, 0.2) is 10.7 Å². The highest BCUT2D eigenvalue weighted by molar-refractivity contribution is 7.80. The Morgan fingerprint density at radius 3 is 1.71 bits per heavy atom. The smallest absolute Gasteiger partial charge is 0.340 e. The number of rotatable bonds is 25. The van der Waals surface area contributed by atoms with E-state index in [1.165, 1.54) is 0 Å². The number of ether oxygens (including phenoxy) is 7. The molecule has 2 heterocycles. The van der Waals surface area contributed by atoms with Gasteiger partial charge in [0.25, 0.3) is 8.53 Å². The molecular weight excluding hydrogens is 1130 g/mol. The summed E-state index contributed by atoms with van der Waals surface area (Å²) in [4.78, 5) is 40.2. The molecule has 6 aromatic rings. The molecule has 6 aromatic carbocycles. The van der Waals surface area contributed by atoms with Gasteiger partial charge in [-0.15, -0.1) is 0 Å². The SMILES string of the molecule is COc1ccc(C(OCC(CCCCNC(=S)Nc2ccc3c(c2)C(=O)OC32c3ccc(OC(=O)C(C)(C)C)cc3Oc3cc(OC(=O)C(C)(C)C)ccc32)COP(OCCC#N)N(C(C)C)C(C)C)(c2ccccc2)c2ccc(OC)cc2)cc1. The lowest BCUT2D eigenvalue weighted by atomic mass is 9.77. The van der Waals surface area contributed by atoms with E-state index in [0.717, 1.165) is 47.5 Å². The molecule has 18 heteroatoms. The number of carbonyl (C=O) groups excluding carboxylic acids is 3. The molecule has 1 spiro atoms. The minimum Gasteiger partial charge on any atom is -0.497 e. The molecule has 0 radical (unpaired) electrons. The summed E-state index contributed by atoms with van der Waals surface area (Å²) in [6, 6.07) is 43.9. The number of anilines is 1. The molecule has 0 fully saturated rings. The third-order valence-electron chi connectivity index (χ3n) is 14.8. The number of nitrogens with zero attached hydrogens (tertiary/aromatic N) is 2. The molecule has 0 amide bonds. The fourth-order valence-corrected chi connectivity index (χ4v) is 12.3. The molecule has 2 aliphatic rings. The molecule has 0 saturated heterocycles. The summed E-state index contributed by atoms with van der Waals surface area (Å²) in [5.74, 6) is 0.926. The average Bonchev–Trinajstić information content (AvgIpc) is 1.47.